The van der Waals surface area contributed by atoms with E-state index < -0.39 is 0 Å². The Kier molecular flexibility index (Phi) is 2.39. The van der Waals surface area contributed by atoms with Gasteiger partial charge in [-0.05, 0) is 42.7 Å². The van der Waals surface area contributed by atoms with Gasteiger partial charge >= 0.3 is 0 Å². The molecule has 0 heterocycles. The van der Waals surface area contributed by atoms with Gasteiger partial charge in [0.1, 0.15) is 0 Å². The van der Waals surface area contributed by atoms with E-state index in [0.717, 1.165) is 0 Å². The van der Waals surface area contributed by atoms with Crippen molar-refractivity contribution >= 4 is 0 Å². The highest BCUT2D eigenvalue weighted by Gasteiger charge is 2.18. The van der Waals surface area contributed by atoms with Crippen LogP contribution in [0.25, 0.3) is 0 Å². The first kappa shape index (κ1) is 8.80. The molecule has 0 saturated carbocycles. The molecule has 0 atom stereocenters. The lowest BCUT2D eigenvalue weighted by Crippen LogP contribution is -2.07. The van der Waals surface area contributed by atoms with E-state index >= 15 is 0 Å². The number of hydrogen-bond donors (Lipinski definition) is 0. The van der Waals surface area contributed by atoms with Crippen LogP contribution in [0.1, 0.15) is 39.5 Å². The zero-order chi connectivity index (χ0) is 9.26. The molecule has 0 spiro atoms. The van der Waals surface area contributed by atoms with Crippen LogP contribution in [-0.4, -0.2) is 0 Å². The Labute approximate surface area is 81.0 Å². The minimum Gasteiger partial charge on any atom is -0.0841 e. The molecule has 70 valence electrons. The standard InChI is InChI=1S/C13H18/c1-10(2)12-9-5-7-11-6-3-4-8-13(11)12/h3-4,9-10H,5-8H2,1-2H3. The predicted molar refractivity (Wildman–Crippen MR) is 57.6 cm³/mol. The third kappa shape index (κ3) is 1.63. The summed E-state index contributed by atoms with van der Waals surface area (Å²) >= 11 is 0. The summed E-state index contributed by atoms with van der Waals surface area (Å²) in [6, 6.07) is 0. The molecule has 13 heavy (non-hydrogen) atoms. The van der Waals surface area contributed by atoms with Crippen molar-refractivity contribution in [1.29, 1.82) is 0 Å². The molecule has 0 aromatic heterocycles. The summed E-state index contributed by atoms with van der Waals surface area (Å²) in [5.74, 6) is 0.705. The lowest BCUT2D eigenvalue weighted by atomic mass is 9.80. The Morgan fingerprint density at radius 3 is 2.69 bits per heavy atom. The Hall–Kier alpha value is -0.780. The van der Waals surface area contributed by atoms with Crippen molar-refractivity contribution in [3.05, 3.63) is 34.9 Å². The zero-order valence-corrected chi connectivity index (χ0v) is 8.64. The molecule has 2 aliphatic rings. The van der Waals surface area contributed by atoms with Gasteiger partial charge in [-0.25, -0.2) is 0 Å². The quantitative estimate of drug-likeness (QED) is 0.527. The fourth-order valence-electron chi connectivity index (χ4n) is 2.38. The first-order valence-corrected chi connectivity index (χ1v) is 5.35. The van der Waals surface area contributed by atoms with Crippen LogP contribution in [0.2, 0.25) is 0 Å². The van der Waals surface area contributed by atoms with Crippen LogP contribution >= 0.6 is 0 Å². The molecule has 0 aliphatic heterocycles. The first-order chi connectivity index (χ1) is 6.29. The van der Waals surface area contributed by atoms with Crippen molar-refractivity contribution in [1.82, 2.24) is 0 Å². The Bertz CT molecular complexity index is 287. The summed E-state index contributed by atoms with van der Waals surface area (Å²) in [7, 11) is 0. The Balaban J connectivity index is 2.29. The van der Waals surface area contributed by atoms with Crippen molar-refractivity contribution < 1.29 is 0 Å². The highest BCUT2D eigenvalue weighted by molar-refractivity contribution is 5.43. The molecular formula is C13H18. The summed E-state index contributed by atoms with van der Waals surface area (Å²) in [5, 5.41) is 0. The molecule has 0 aromatic carbocycles. The van der Waals surface area contributed by atoms with Crippen molar-refractivity contribution in [2.75, 3.05) is 0 Å². The van der Waals surface area contributed by atoms with Gasteiger partial charge in [0.25, 0.3) is 0 Å². The van der Waals surface area contributed by atoms with E-state index in [1.807, 2.05) is 0 Å². The second-order valence-corrected chi connectivity index (χ2v) is 4.31. The second-order valence-electron chi connectivity index (χ2n) is 4.31. The Morgan fingerprint density at radius 1 is 1.15 bits per heavy atom. The van der Waals surface area contributed by atoms with Gasteiger partial charge in [-0.2, -0.15) is 0 Å². The minimum atomic E-state index is 0.705. The van der Waals surface area contributed by atoms with E-state index in [4.69, 9.17) is 0 Å². The summed E-state index contributed by atoms with van der Waals surface area (Å²) in [6.45, 7) is 4.61. The molecule has 0 N–H and O–H groups in total. The molecule has 0 amide bonds. The fraction of sp³-hybridized carbons (Fsp3) is 0.538. The average molecular weight is 174 g/mol. The lowest BCUT2D eigenvalue weighted by Gasteiger charge is -2.25. The molecule has 0 saturated heterocycles. The van der Waals surface area contributed by atoms with Crippen molar-refractivity contribution in [2.45, 2.75) is 39.5 Å². The van der Waals surface area contributed by atoms with Crippen LogP contribution < -0.4 is 0 Å². The van der Waals surface area contributed by atoms with Crippen LogP contribution in [0, 0.1) is 5.92 Å². The lowest BCUT2D eigenvalue weighted by molar-refractivity contribution is 0.727. The molecule has 0 radical (unpaired) electrons. The van der Waals surface area contributed by atoms with Gasteiger partial charge < -0.3 is 0 Å². The molecule has 2 rings (SSSR count). The summed E-state index contributed by atoms with van der Waals surface area (Å²) in [4.78, 5) is 0. The topological polar surface area (TPSA) is 0 Å². The van der Waals surface area contributed by atoms with Crippen LogP contribution in [0.5, 0.6) is 0 Å². The van der Waals surface area contributed by atoms with Crippen LogP contribution in [0.15, 0.2) is 34.9 Å². The molecule has 0 aromatic rings. The van der Waals surface area contributed by atoms with Gasteiger partial charge in [0.05, 0.1) is 0 Å². The monoisotopic (exact) mass is 174 g/mol. The zero-order valence-electron chi connectivity index (χ0n) is 8.64. The molecule has 0 fully saturated rings. The Morgan fingerprint density at radius 2 is 1.92 bits per heavy atom. The van der Waals surface area contributed by atoms with Crippen LogP contribution in [-0.2, 0) is 0 Å². The van der Waals surface area contributed by atoms with E-state index in [-0.39, 0.29) is 0 Å². The third-order valence-electron chi connectivity index (χ3n) is 3.06. The number of hydrogen-bond acceptors (Lipinski definition) is 0. The van der Waals surface area contributed by atoms with Crippen molar-refractivity contribution in [3.63, 3.8) is 0 Å². The van der Waals surface area contributed by atoms with Crippen LogP contribution in [0.3, 0.4) is 0 Å². The average Bonchev–Trinajstić information content (AvgIpc) is 2.17. The predicted octanol–water partition coefficient (Wildman–Crippen LogP) is 4.01. The van der Waals surface area contributed by atoms with E-state index in [0.29, 0.717) is 5.92 Å². The van der Waals surface area contributed by atoms with E-state index in [1.165, 1.54) is 25.7 Å². The van der Waals surface area contributed by atoms with Gasteiger partial charge in [0.15, 0.2) is 0 Å². The number of rotatable bonds is 1. The molecule has 0 heteroatoms. The van der Waals surface area contributed by atoms with Gasteiger partial charge in [-0.1, -0.05) is 37.6 Å². The molecule has 0 bridgehead atoms. The number of allylic oxidation sites excluding steroid dienone is 6. The summed E-state index contributed by atoms with van der Waals surface area (Å²) in [5.41, 5.74) is 4.98. The van der Waals surface area contributed by atoms with Gasteiger partial charge in [0.2, 0.25) is 0 Å². The van der Waals surface area contributed by atoms with Crippen molar-refractivity contribution in [3.8, 4) is 0 Å². The fourth-order valence-corrected chi connectivity index (χ4v) is 2.38. The van der Waals surface area contributed by atoms with Gasteiger partial charge in [-0.3, -0.25) is 0 Å². The second kappa shape index (κ2) is 3.53. The van der Waals surface area contributed by atoms with Gasteiger partial charge in [-0.15, -0.1) is 0 Å². The minimum absolute atomic E-state index is 0.705. The maximum absolute atomic E-state index is 2.45. The smallest absolute Gasteiger partial charge is 0.00950 e. The maximum Gasteiger partial charge on any atom is -0.00950 e. The first-order valence-electron chi connectivity index (χ1n) is 5.35. The maximum atomic E-state index is 2.45. The SMILES string of the molecule is CC(C)C1=CCCC2=C1CC=CC2. The largest absolute Gasteiger partial charge is 0.0841 e. The normalized spacial score (nSPS) is 21.9. The van der Waals surface area contributed by atoms with E-state index in [1.54, 1.807) is 16.7 Å². The van der Waals surface area contributed by atoms with E-state index in [9.17, 15) is 0 Å². The summed E-state index contributed by atoms with van der Waals surface area (Å²) in [6.07, 6.45) is 12.0. The van der Waals surface area contributed by atoms with Crippen LogP contribution in [0.4, 0.5) is 0 Å². The third-order valence-corrected chi connectivity index (χ3v) is 3.06. The van der Waals surface area contributed by atoms with Gasteiger partial charge in [0, 0.05) is 0 Å². The molecule has 0 unspecified atom stereocenters. The highest BCUT2D eigenvalue weighted by Crippen LogP contribution is 2.36. The highest BCUT2D eigenvalue weighted by atomic mass is 14.2. The summed E-state index contributed by atoms with van der Waals surface area (Å²) < 4.78 is 0. The molecule has 0 nitrogen and oxygen atoms in total. The van der Waals surface area contributed by atoms with Crippen molar-refractivity contribution in [2.24, 2.45) is 5.92 Å². The molecular weight excluding hydrogens is 156 g/mol. The molecule has 2 aliphatic carbocycles. The van der Waals surface area contributed by atoms with E-state index in [2.05, 4.69) is 32.1 Å².